The van der Waals surface area contributed by atoms with E-state index >= 15 is 0 Å². The number of benzene rings is 1. The Balaban J connectivity index is 1.84. The van der Waals surface area contributed by atoms with Gasteiger partial charge in [0.2, 0.25) is 0 Å². The summed E-state index contributed by atoms with van der Waals surface area (Å²) in [6, 6.07) is 4.26. The highest BCUT2D eigenvalue weighted by Crippen LogP contribution is 2.16. The summed E-state index contributed by atoms with van der Waals surface area (Å²) in [6.45, 7) is 0.299. The lowest BCUT2D eigenvalue weighted by Crippen LogP contribution is -2.44. The number of carbonyl (C=O) groups is 2. The van der Waals surface area contributed by atoms with Gasteiger partial charge in [-0.05, 0) is 24.6 Å². The number of carboxylic acid groups (broad SMARTS) is 1. The predicted molar refractivity (Wildman–Crippen MR) is 76.8 cm³/mol. The summed E-state index contributed by atoms with van der Waals surface area (Å²) in [4.78, 5) is 37.5. The molecular formula is C14H15N3O5. The second-order valence-corrected chi connectivity index (χ2v) is 5.22. The van der Waals surface area contributed by atoms with Crippen molar-refractivity contribution >= 4 is 22.9 Å². The quantitative estimate of drug-likeness (QED) is 0.729. The van der Waals surface area contributed by atoms with Crippen molar-refractivity contribution in [1.82, 2.24) is 14.9 Å². The summed E-state index contributed by atoms with van der Waals surface area (Å²) in [5.41, 5.74) is 1.34. The summed E-state index contributed by atoms with van der Waals surface area (Å²) >= 11 is 0. The molecule has 3 rings (SSSR count). The van der Waals surface area contributed by atoms with E-state index in [1.807, 2.05) is 0 Å². The molecule has 8 heteroatoms. The number of rotatable bonds is 3. The van der Waals surface area contributed by atoms with Crippen LogP contribution in [-0.2, 0) is 16.6 Å². The van der Waals surface area contributed by atoms with Crippen LogP contribution >= 0.6 is 0 Å². The fourth-order valence-corrected chi connectivity index (χ4v) is 2.60. The van der Waals surface area contributed by atoms with Crippen LogP contribution in [0.15, 0.2) is 23.0 Å². The molecule has 0 saturated carbocycles. The third-order valence-electron chi connectivity index (χ3n) is 3.82. The number of aryl methyl sites for hydroxylation is 1. The van der Waals surface area contributed by atoms with Crippen LogP contribution in [0, 0.1) is 0 Å². The maximum absolute atomic E-state index is 12.3. The minimum absolute atomic E-state index is 0.261. The van der Waals surface area contributed by atoms with Gasteiger partial charge < -0.3 is 20.1 Å². The van der Waals surface area contributed by atoms with E-state index in [0.717, 1.165) is 0 Å². The average Bonchev–Trinajstić information content (AvgIpc) is 3.04. The molecule has 1 aromatic heterocycles. The highest BCUT2D eigenvalue weighted by molar-refractivity contribution is 5.97. The lowest BCUT2D eigenvalue weighted by Gasteiger charge is -2.16. The number of aliphatic carboxylic acids is 1. The molecule has 0 spiro atoms. The number of hydrogen-bond donors (Lipinski definition) is 3. The normalized spacial score (nSPS) is 21.1. The first-order chi connectivity index (χ1) is 10.5. The van der Waals surface area contributed by atoms with Crippen molar-refractivity contribution in [2.75, 3.05) is 6.61 Å². The monoisotopic (exact) mass is 305 g/mol. The van der Waals surface area contributed by atoms with E-state index in [0.29, 0.717) is 29.6 Å². The summed E-state index contributed by atoms with van der Waals surface area (Å²) in [5, 5.41) is 11.7. The largest absolute Gasteiger partial charge is 0.479 e. The van der Waals surface area contributed by atoms with E-state index in [1.54, 1.807) is 25.2 Å². The predicted octanol–water partition coefficient (Wildman–Crippen LogP) is -0.161. The Hall–Kier alpha value is -2.61. The third kappa shape index (κ3) is 2.37. The van der Waals surface area contributed by atoms with Gasteiger partial charge in [-0.3, -0.25) is 9.36 Å². The highest BCUT2D eigenvalue weighted by atomic mass is 16.5. The molecule has 1 aliphatic heterocycles. The number of hydrogen-bond acceptors (Lipinski definition) is 4. The maximum atomic E-state index is 12.3. The van der Waals surface area contributed by atoms with Gasteiger partial charge in [0.1, 0.15) is 0 Å². The SMILES string of the molecule is Cn1c(=O)[nH]c2ccc(C(=O)N[C@@H]3CCO[C@@H]3C(=O)O)cc21. The minimum atomic E-state index is -1.09. The molecule has 1 fully saturated rings. The standard InChI is InChI=1S/C14H15N3O5/c1-17-10-6-7(2-3-8(10)16-14(17)21)12(18)15-9-4-5-22-11(9)13(19)20/h2-3,6,9,11H,4-5H2,1H3,(H,15,18)(H,16,21)(H,19,20)/t9-,11+/m1/s1. The van der Waals surface area contributed by atoms with Gasteiger partial charge >= 0.3 is 11.7 Å². The van der Waals surface area contributed by atoms with Gasteiger partial charge in [-0.2, -0.15) is 0 Å². The van der Waals surface area contributed by atoms with Gasteiger partial charge in [0.15, 0.2) is 6.10 Å². The van der Waals surface area contributed by atoms with Crippen molar-refractivity contribution in [3.05, 3.63) is 34.2 Å². The minimum Gasteiger partial charge on any atom is -0.479 e. The first-order valence-electron chi connectivity index (χ1n) is 6.81. The number of nitrogens with zero attached hydrogens (tertiary/aromatic N) is 1. The molecule has 0 unspecified atom stereocenters. The molecule has 8 nitrogen and oxygen atoms in total. The van der Waals surface area contributed by atoms with Crippen LogP contribution < -0.4 is 11.0 Å². The van der Waals surface area contributed by atoms with Crippen LogP contribution in [0.1, 0.15) is 16.8 Å². The van der Waals surface area contributed by atoms with Crippen molar-refractivity contribution in [3.63, 3.8) is 0 Å². The Morgan fingerprint density at radius 1 is 1.45 bits per heavy atom. The molecule has 2 heterocycles. The van der Waals surface area contributed by atoms with E-state index in [-0.39, 0.29) is 5.69 Å². The molecule has 3 N–H and O–H groups in total. The number of aromatic nitrogens is 2. The first kappa shape index (κ1) is 14.3. The van der Waals surface area contributed by atoms with E-state index in [9.17, 15) is 14.4 Å². The number of amides is 1. The molecule has 1 saturated heterocycles. The molecule has 1 aromatic carbocycles. The van der Waals surface area contributed by atoms with Gasteiger partial charge in [-0.25, -0.2) is 9.59 Å². The van der Waals surface area contributed by atoms with Crippen molar-refractivity contribution in [1.29, 1.82) is 0 Å². The first-order valence-corrected chi connectivity index (χ1v) is 6.81. The van der Waals surface area contributed by atoms with Crippen molar-refractivity contribution < 1.29 is 19.4 Å². The fraction of sp³-hybridized carbons (Fsp3) is 0.357. The zero-order valence-electron chi connectivity index (χ0n) is 11.8. The van der Waals surface area contributed by atoms with Crippen LogP contribution in [0.5, 0.6) is 0 Å². The smallest absolute Gasteiger partial charge is 0.334 e. The molecule has 0 bridgehead atoms. The summed E-state index contributed by atoms with van der Waals surface area (Å²) in [6.07, 6.45) is -0.572. The van der Waals surface area contributed by atoms with Gasteiger partial charge in [0, 0.05) is 19.2 Å². The van der Waals surface area contributed by atoms with Crippen LogP contribution in [0.2, 0.25) is 0 Å². The molecule has 22 heavy (non-hydrogen) atoms. The van der Waals surface area contributed by atoms with Crippen LogP contribution in [-0.4, -0.2) is 45.3 Å². The van der Waals surface area contributed by atoms with Crippen molar-refractivity contribution in [3.8, 4) is 0 Å². The van der Waals surface area contributed by atoms with Gasteiger partial charge in [0.25, 0.3) is 5.91 Å². The number of fused-ring (bicyclic) bond motifs is 1. The Morgan fingerprint density at radius 2 is 2.23 bits per heavy atom. The molecule has 1 amide bonds. The van der Waals surface area contributed by atoms with Gasteiger partial charge in [-0.1, -0.05) is 0 Å². The van der Waals surface area contributed by atoms with Gasteiger partial charge in [0.05, 0.1) is 17.1 Å². The summed E-state index contributed by atoms with van der Waals surface area (Å²) < 4.78 is 6.50. The Labute approximate surface area is 124 Å². The Kier molecular flexibility index (Phi) is 3.45. The number of carboxylic acids is 1. The second-order valence-electron chi connectivity index (χ2n) is 5.22. The number of carbonyl (C=O) groups excluding carboxylic acids is 1. The topological polar surface area (TPSA) is 113 Å². The lowest BCUT2D eigenvalue weighted by atomic mass is 10.1. The fourth-order valence-electron chi connectivity index (χ4n) is 2.60. The summed E-state index contributed by atoms with van der Waals surface area (Å²) in [5.74, 6) is -1.48. The Bertz CT molecular complexity index is 806. The molecule has 1 aliphatic rings. The average molecular weight is 305 g/mol. The molecular weight excluding hydrogens is 290 g/mol. The zero-order valence-corrected chi connectivity index (χ0v) is 11.8. The molecule has 2 atom stereocenters. The zero-order chi connectivity index (χ0) is 15.9. The second kappa shape index (κ2) is 5.30. The van der Waals surface area contributed by atoms with E-state index in [2.05, 4.69) is 10.3 Å². The highest BCUT2D eigenvalue weighted by Gasteiger charge is 2.35. The number of imidazole rings is 1. The lowest BCUT2D eigenvalue weighted by molar-refractivity contribution is -0.148. The number of nitrogens with one attached hydrogen (secondary N) is 2. The van der Waals surface area contributed by atoms with E-state index in [1.165, 1.54) is 4.57 Å². The van der Waals surface area contributed by atoms with Crippen molar-refractivity contribution in [2.24, 2.45) is 7.05 Å². The van der Waals surface area contributed by atoms with E-state index < -0.39 is 24.0 Å². The van der Waals surface area contributed by atoms with Gasteiger partial charge in [-0.15, -0.1) is 0 Å². The van der Waals surface area contributed by atoms with Crippen LogP contribution in [0.3, 0.4) is 0 Å². The Morgan fingerprint density at radius 3 is 2.95 bits per heavy atom. The molecule has 0 radical (unpaired) electrons. The molecule has 2 aromatic rings. The van der Waals surface area contributed by atoms with E-state index in [4.69, 9.17) is 9.84 Å². The summed E-state index contributed by atoms with van der Waals surface area (Å²) in [7, 11) is 1.61. The maximum Gasteiger partial charge on any atom is 0.334 e. The van der Waals surface area contributed by atoms with Crippen LogP contribution in [0.25, 0.3) is 11.0 Å². The number of H-pyrrole nitrogens is 1. The van der Waals surface area contributed by atoms with Crippen LogP contribution in [0.4, 0.5) is 0 Å². The van der Waals surface area contributed by atoms with Crippen molar-refractivity contribution in [2.45, 2.75) is 18.6 Å². The molecule has 0 aliphatic carbocycles. The number of ether oxygens (including phenoxy) is 1. The third-order valence-corrected chi connectivity index (χ3v) is 3.82. The molecule has 116 valence electrons. The number of aromatic amines is 1.